The zero-order valence-electron chi connectivity index (χ0n) is 6.92. The summed E-state index contributed by atoms with van der Waals surface area (Å²) >= 11 is 0. The van der Waals surface area contributed by atoms with Crippen LogP contribution in [0.3, 0.4) is 0 Å². The molecule has 1 aliphatic rings. The molecule has 58 valence electrons. The zero-order chi connectivity index (χ0) is 7.72. The van der Waals surface area contributed by atoms with Crippen LogP contribution in [0.2, 0.25) is 0 Å². The zero-order valence-corrected chi connectivity index (χ0v) is 6.92. The SMILES string of the molecule is C[C@@H]1C(=O)CCN(C)[C@H]1C. The van der Waals surface area contributed by atoms with Crippen molar-refractivity contribution in [1.29, 1.82) is 0 Å². The third kappa shape index (κ3) is 1.21. The van der Waals surface area contributed by atoms with E-state index in [0.717, 1.165) is 13.0 Å². The van der Waals surface area contributed by atoms with Gasteiger partial charge in [-0.1, -0.05) is 6.92 Å². The second-order valence-corrected chi connectivity index (χ2v) is 3.23. The van der Waals surface area contributed by atoms with Gasteiger partial charge in [0.25, 0.3) is 0 Å². The summed E-state index contributed by atoms with van der Waals surface area (Å²) in [6.45, 7) is 5.06. The third-order valence-electron chi connectivity index (χ3n) is 2.64. The van der Waals surface area contributed by atoms with Crippen molar-refractivity contribution < 1.29 is 4.79 Å². The molecule has 0 N–H and O–H groups in total. The summed E-state index contributed by atoms with van der Waals surface area (Å²) in [6.07, 6.45) is 0.738. The molecule has 1 aliphatic heterocycles. The van der Waals surface area contributed by atoms with Crippen molar-refractivity contribution >= 4 is 5.78 Å². The van der Waals surface area contributed by atoms with Crippen LogP contribution >= 0.6 is 0 Å². The van der Waals surface area contributed by atoms with Crippen molar-refractivity contribution in [1.82, 2.24) is 4.90 Å². The van der Waals surface area contributed by atoms with Gasteiger partial charge in [-0.25, -0.2) is 0 Å². The Morgan fingerprint density at radius 1 is 1.50 bits per heavy atom. The molecule has 0 saturated carbocycles. The van der Waals surface area contributed by atoms with E-state index in [1.807, 2.05) is 6.92 Å². The van der Waals surface area contributed by atoms with Gasteiger partial charge >= 0.3 is 0 Å². The minimum Gasteiger partial charge on any atom is -0.303 e. The van der Waals surface area contributed by atoms with Crippen LogP contribution in [0.4, 0.5) is 0 Å². The maximum atomic E-state index is 11.1. The number of rotatable bonds is 0. The number of hydrogen-bond donors (Lipinski definition) is 0. The molecule has 0 unspecified atom stereocenters. The van der Waals surface area contributed by atoms with Gasteiger partial charge in [0.1, 0.15) is 5.78 Å². The van der Waals surface area contributed by atoms with Crippen LogP contribution in [0.1, 0.15) is 20.3 Å². The number of hydrogen-bond acceptors (Lipinski definition) is 2. The number of carbonyl (C=O) groups is 1. The van der Waals surface area contributed by atoms with Gasteiger partial charge < -0.3 is 4.90 Å². The van der Waals surface area contributed by atoms with Gasteiger partial charge in [-0.2, -0.15) is 0 Å². The number of Topliss-reactive ketones (excluding diaryl/α,β-unsaturated/α-hetero) is 1. The standard InChI is InChI=1S/C8H15NO/c1-6-7(2)9(3)5-4-8(6)10/h6-7H,4-5H2,1-3H3/t6-,7-/m0/s1. The summed E-state index contributed by atoms with van der Waals surface area (Å²) in [7, 11) is 2.08. The van der Waals surface area contributed by atoms with E-state index >= 15 is 0 Å². The molecule has 0 aromatic carbocycles. The van der Waals surface area contributed by atoms with Crippen molar-refractivity contribution in [3.05, 3.63) is 0 Å². The average molecular weight is 141 g/mol. The topological polar surface area (TPSA) is 20.3 Å². The lowest BCUT2D eigenvalue weighted by atomic mass is 9.91. The van der Waals surface area contributed by atoms with E-state index in [9.17, 15) is 4.79 Å². The minimum absolute atomic E-state index is 0.235. The summed E-state index contributed by atoms with van der Waals surface area (Å²) in [5.41, 5.74) is 0. The Bertz CT molecular complexity index is 144. The van der Waals surface area contributed by atoms with Crippen LogP contribution in [0, 0.1) is 5.92 Å². The highest BCUT2D eigenvalue weighted by Crippen LogP contribution is 2.17. The molecule has 2 atom stereocenters. The predicted octanol–water partition coefficient (Wildman–Crippen LogP) is 0.916. The van der Waals surface area contributed by atoms with Crippen molar-refractivity contribution in [2.75, 3.05) is 13.6 Å². The van der Waals surface area contributed by atoms with E-state index in [4.69, 9.17) is 0 Å². The molecule has 1 fully saturated rings. The lowest BCUT2D eigenvalue weighted by molar-refractivity contribution is -0.127. The molecule has 1 rings (SSSR count). The Morgan fingerprint density at radius 2 is 2.10 bits per heavy atom. The van der Waals surface area contributed by atoms with Crippen LogP contribution in [0.5, 0.6) is 0 Å². The number of carbonyl (C=O) groups excluding carboxylic acids is 1. The summed E-state index contributed by atoms with van der Waals surface area (Å²) in [6, 6.07) is 0.432. The number of nitrogens with zero attached hydrogens (tertiary/aromatic N) is 1. The molecule has 2 heteroatoms. The molecule has 0 aromatic rings. The summed E-state index contributed by atoms with van der Waals surface area (Å²) in [4.78, 5) is 13.4. The highest BCUT2D eigenvalue weighted by molar-refractivity contribution is 5.82. The van der Waals surface area contributed by atoms with E-state index in [0.29, 0.717) is 11.8 Å². The first-order chi connectivity index (χ1) is 4.63. The van der Waals surface area contributed by atoms with Gasteiger partial charge in [0.15, 0.2) is 0 Å². The fourth-order valence-corrected chi connectivity index (χ4v) is 1.37. The third-order valence-corrected chi connectivity index (χ3v) is 2.64. The second kappa shape index (κ2) is 2.70. The highest BCUT2D eigenvalue weighted by Gasteiger charge is 2.27. The molecule has 0 spiro atoms. The fraction of sp³-hybridized carbons (Fsp3) is 0.875. The van der Waals surface area contributed by atoms with E-state index in [2.05, 4.69) is 18.9 Å². The minimum atomic E-state index is 0.235. The Labute approximate surface area is 62.2 Å². The highest BCUT2D eigenvalue weighted by atomic mass is 16.1. The van der Waals surface area contributed by atoms with E-state index < -0.39 is 0 Å². The van der Waals surface area contributed by atoms with E-state index in [-0.39, 0.29) is 5.92 Å². The maximum absolute atomic E-state index is 11.1. The summed E-state index contributed by atoms with van der Waals surface area (Å²) < 4.78 is 0. The average Bonchev–Trinajstić information content (AvgIpc) is 1.93. The Morgan fingerprint density at radius 3 is 2.60 bits per heavy atom. The molecule has 0 radical (unpaired) electrons. The van der Waals surface area contributed by atoms with Gasteiger partial charge in [0, 0.05) is 24.9 Å². The van der Waals surface area contributed by atoms with Crippen LogP contribution in [-0.4, -0.2) is 30.3 Å². The largest absolute Gasteiger partial charge is 0.303 e. The lowest BCUT2D eigenvalue weighted by Gasteiger charge is -2.33. The van der Waals surface area contributed by atoms with Crippen LogP contribution < -0.4 is 0 Å². The van der Waals surface area contributed by atoms with Crippen molar-refractivity contribution in [3.8, 4) is 0 Å². The van der Waals surface area contributed by atoms with E-state index in [1.54, 1.807) is 0 Å². The van der Waals surface area contributed by atoms with Gasteiger partial charge in [-0.15, -0.1) is 0 Å². The first-order valence-corrected chi connectivity index (χ1v) is 3.86. The Balaban J connectivity index is 2.60. The summed E-state index contributed by atoms with van der Waals surface area (Å²) in [5.74, 6) is 0.657. The maximum Gasteiger partial charge on any atom is 0.138 e. The van der Waals surface area contributed by atoms with Gasteiger partial charge in [0.05, 0.1) is 0 Å². The van der Waals surface area contributed by atoms with E-state index in [1.165, 1.54) is 0 Å². The Hall–Kier alpha value is -0.370. The van der Waals surface area contributed by atoms with Crippen molar-refractivity contribution in [2.24, 2.45) is 5.92 Å². The smallest absolute Gasteiger partial charge is 0.138 e. The van der Waals surface area contributed by atoms with Gasteiger partial charge in [-0.05, 0) is 14.0 Å². The molecular weight excluding hydrogens is 126 g/mol. The predicted molar refractivity (Wildman–Crippen MR) is 40.9 cm³/mol. The molecule has 0 aliphatic carbocycles. The van der Waals surface area contributed by atoms with Crippen LogP contribution in [0.25, 0.3) is 0 Å². The van der Waals surface area contributed by atoms with Crippen molar-refractivity contribution in [3.63, 3.8) is 0 Å². The Kier molecular flexibility index (Phi) is 2.09. The monoisotopic (exact) mass is 141 g/mol. The lowest BCUT2D eigenvalue weighted by Crippen LogP contribution is -2.44. The van der Waals surface area contributed by atoms with Crippen molar-refractivity contribution in [2.45, 2.75) is 26.3 Å². The number of piperidine rings is 1. The molecule has 0 amide bonds. The van der Waals surface area contributed by atoms with Gasteiger partial charge in [0.2, 0.25) is 0 Å². The van der Waals surface area contributed by atoms with Gasteiger partial charge in [-0.3, -0.25) is 4.79 Å². The quantitative estimate of drug-likeness (QED) is 0.500. The molecule has 10 heavy (non-hydrogen) atoms. The first-order valence-electron chi connectivity index (χ1n) is 3.86. The normalized spacial score (nSPS) is 36.5. The number of likely N-dealkylation sites (tertiary alicyclic amines) is 1. The summed E-state index contributed by atoms with van der Waals surface area (Å²) in [5, 5.41) is 0. The molecule has 0 aromatic heterocycles. The molecule has 0 bridgehead atoms. The number of ketones is 1. The van der Waals surface area contributed by atoms with Crippen LogP contribution in [0.15, 0.2) is 0 Å². The molecular formula is C8H15NO. The second-order valence-electron chi connectivity index (χ2n) is 3.23. The molecule has 1 heterocycles. The first kappa shape index (κ1) is 7.73. The fourth-order valence-electron chi connectivity index (χ4n) is 1.37. The molecule has 2 nitrogen and oxygen atoms in total. The molecule has 1 saturated heterocycles. The van der Waals surface area contributed by atoms with Crippen LogP contribution in [-0.2, 0) is 4.79 Å².